The Morgan fingerprint density at radius 2 is 2.31 bits per heavy atom. The molecule has 0 aliphatic heterocycles. The fourth-order valence-electron chi connectivity index (χ4n) is 0.417. The standard InChI is InChI=1S/C7H15N3O2S/c1-4-5(2)13-10-7(11)9-6(8)12-3/h5H,4H2,1-3H3,(H3,8,9,10,11). The molecule has 0 aromatic carbocycles. The molecule has 0 aliphatic carbocycles. The van der Waals surface area contributed by atoms with Crippen molar-refractivity contribution in [3.8, 4) is 0 Å². The first-order valence-electron chi connectivity index (χ1n) is 3.95. The third kappa shape index (κ3) is 6.27. The summed E-state index contributed by atoms with van der Waals surface area (Å²) < 4.78 is 7.00. The number of hydrogen-bond donors (Lipinski definition) is 3. The summed E-state index contributed by atoms with van der Waals surface area (Å²) in [6.07, 6.45) is 0.979. The van der Waals surface area contributed by atoms with Crippen molar-refractivity contribution in [3.63, 3.8) is 0 Å². The van der Waals surface area contributed by atoms with Gasteiger partial charge in [0.2, 0.25) is 0 Å². The van der Waals surface area contributed by atoms with Gasteiger partial charge in [-0.1, -0.05) is 13.8 Å². The number of rotatable bonds is 3. The molecular weight excluding hydrogens is 190 g/mol. The van der Waals surface area contributed by atoms with Gasteiger partial charge >= 0.3 is 6.03 Å². The fourth-order valence-corrected chi connectivity index (χ4v) is 0.943. The summed E-state index contributed by atoms with van der Waals surface area (Å²) in [5, 5.41) is 9.56. The summed E-state index contributed by atoms with van der Waals surface area (Å²) in [7, 11) is 1.32. The van der Waals surface area contributed by atoms with Crippen molar-refractivity contribution < 1.29 is 9.53 Å². The zero-order valence-corrected chi connectivity index (χ0v) is 8.83. The summed E-state index contributed by atoms with van der Waals surface area (Å²) >= 11 is 1.32. The Morgan fingerprint density at radius 3 is 2.77 bits per heavy atom. The number of carbonyl (C=O) groups excluding carboxylic acids is 1. The highest BCUT2D eigenvalue weighted by Crippen LogP contribution is 2.08. The van der Waals surface area contributed by atoms with Gasteiger partial charge in [0.25, 0.3) is 6.02 Å². The molecule has 76 valence electrons. The van der Waals surface area contributed by atoms with Crippen LogP contribution in [0.3, 0.4) is 0 Å². The van der Waals surface area contributed by atoms with Gasteiger partial charge in [-0.15, -0.1) is 0 Å². The van der Waals surface area contributed by atoms with Crippen molar-refractivity contribution in [2.45, 2.75) is 25.5 Å². The molecule has 0 heterocycles. The van der Waals surface area contributed by atoms with E-state index in [4.69, 9.17) is 5.41 Å². The molecule has 0 saturated carbocycles. The van der Waals surface area contributed by atoms with Crippen LogP contribution in [0.2, 0.25) is 0 Å². The molecular formula is C7H15N3O2S. The monoisotopic (exact) mass is 205 g/mol. The van der Waals surface area contributed by atoms with E-state index in [0.29, 0.717) is 5.25 Å². The molecule has 5 nitrogen and oxygen atoms in total. The second-order valence-corrected chi connectivity index (χ2v) is 3.67. The van der Waals surface area contributed by atoms with Crippen LogP contribution in [0, 0.1) is 5.41 Å². The van der Waals surface area contributed by atoms with E-state index < -0.39 is 6.03 Å². The number of urea groups is 1. The first kappa shape index (κ1) is 12.1. The van der Waals surface area contributed by atoms with Crippen molar-refractivity contribution in [2.24, 2.45) is 0 Å². The van der Waals surface area contributed by atoms with Crippen LogP contribution in [-0.2, 0) is 4.74 Å². The lowest BCUT2D eigenvalue weighted by molar-refractivity contribution is 0.247. The highest BCUT2D eigenvalue weighted by molar-refractivity contribution is 7.98. The average molecular weight is 205 g/mol. The summed E-state index contributed by atoms with van der Waals surface area (Å²) in [5.41, 5.74) is 0. The molecule has 0 aromatic rings. The predicted molar refractivity (Wildman–Crippen MR) is 53.7 cm³/mol. The Balaban J connectivity index is 3.57. The molecule has 1 unspecified atom stereocenters. The summed E-state index contributed by atoms with van der Waals surface area (Å²) in [6.45, 7) is 4.04. The topological polar surface area (TPSA) is 74.2 Å². The summed E-state index contributed by atoms with van der Waals surface area (Å²) in [6, 6.07) is -0.695. The summed E-state index contributed by atoms with van der Waals surface area (Å²) in [4.78, 5) is 11.0. The van der Waals surface area contributed by atoms with Gasteiger partial charge in [-0.3, -0.25) is 15.4 Å². The van der Waals surface area contributed by atoms with Gasteiger partial charge in [0, 0.05) is 5.25 Å². The molecule has 0 aliphatic rings. The molecule has 0 saturated heterocycles. The van der Waals surface area contributed by atoms with Crippen LogP contribution in [0.15, 0.2) is 0 Å². The molecule has 0 fully saturated rings. The lowest BCUT2D eigenvalue weighted by Crippen LogP contribution is -2.37. The summed E-state index contributed by atoms with van der Waals surface area (Å²) in [5.74, 6) is 0. The largest absolute Gasteiger partial charge is 0.468 e. The highest BCUT2D eigenvalue weighted by atomic mass is 32.2. The molecule has 13 heavy (non-hydrogen) atoms. The van der Waals surface area contributed by atoms with Crippen LogP contribution in [-0.4, -0.2) is 24.4 Å². The highest BCUT2D eigenvalue weighted by Gasteiger charge is 2.05. The zero-order chi connectivity index (χ0) is 10.3. The van der Waals surface area contributed by atoms with Gasteiger partial charge in [-0.25, -0.2) is 4.79 Å². The Labute approximate surface area is 82.2 Å². The van der Waals surface area contributed by atoms with Gasteiger partial charge in [0.05, 0.1) is 7.11 Å². The number of methoxy groups -OCH3 is 1. The minimum absolute atomic E-state index is 0.262. The Bertz CT molecular complexity index is 187. The second-order valence-electron chi connectivity index (χ2n) is 2.43. The number of amides is 2. The van der Waals surface area contributed by atoms with Crippen LogP contribution >= 0.6 is 11.9 Å². The maximum Gasteiger partial charge on any atom is 0.332 e. The van der Waals surface area contributed by atoms with Crippen molar-refractivity contribution in [1.82, 2.24) is 10.0 Å². The molecule has 1 atom stereocenters. The molecule has 3 N–H and O–H groups in total. The van der Waals surface area contributed by atoms with Gasteiger partial charge in [-0.05, 0) is 18.4 Å². The van der Waals surface area contributed by atoms with Crippen LogP contribution in [0.5, 0.6) is 0 Å². The number of ether oxygens (including phenoxy) is 1. The second kappa shape index (κ2) is 6.59. The van der Waals surface area contributed by atoms with Gasteiger partial charge in [0.15, 0.2) is 0 Å². The van der Waals surface area contributed by atoms with Crippen LogP contribution in [0.25, 0.3) is 0 Å². The quantitative estimate of drug-likeness (QED) is 0.369. The molecule has 0 rings (SSSR count). The molecule has 2 amide bonds. The average Bonchev–Trinajstić information content (AvgIpc) is 2.13. The fraction of sp³-hybridized carbons (Fsp3) is 0.714. The van der Waals surface area contributed by atoms with Gasteiger partial charge in [0.1, 0.15) is 0 Å². The van der Waals surface area contributed by atoms with Gasteiger partial charge in [-0.2, -0.15) is 0 Å². The maximum absolute atomic E-state index is 11.0. The zero-order valence-electron chi connectivity index (χ0n) is 8.01. The third-order valence-corrected chi connectivity index (χ3v) is 2.40. The molecule has 0 radical (unpaired) electrons. The Kier molecular flexibility index (Phi) is 6.13. The molecule has 0 aromatic heterocycles. The van der Waals surface area contributed by atoms with Crippen molar-refractivity contribution >= 4 is 24.0 Å². The van der Waals surface area contributed by atoms with Gasteiger partial charge < -0.3 is 4.74 Å². The Hall–Kier alpha value is -0.910. The van der Waals surface area contributed by atoms with Crippen molar-refractivity contribution in [3.05, 3.63) is 0 Å². The predicted octanol–water partition coefficient (Wildman–Crippen LogP) is 1.31. The number of hydrogen-bond acceptors (Lipinski definition) is 4. The first-order valence-corrected chi connectivity index (χ1v) is 4.83. The Morgan fingerprint density at radius 1 is 1.69 bits per heavy atom. The van der Waals surface area contributed by atoms with E-state index in [1.165, 1.54) is 19.1 Å². The first-order chi connectivity index (χ1) is 6.10. The third-order valence-electron chi connectivity index (χ3n) is 1.36. The molecule has 0 spiro atoms. The van der Waals surface area contributed by atoms with Crippen LogP contribution in [0.4, 0.5) is 4.79 Å². The normalized spacial score (nSPS) is 11.6. The van der Waals surface area contributed by atoms with E-state index in [9.17, 15) is 4.79 Å². The lowest BCUT2D eigenvalue weighted by atomic mass is 10.4. The van der Waals surface area contributed by atoms with E-state index >= 15 is 0 Å². The number of nitrogens with one attached hydrogen (secondary N) is 3. The maximum atomic E-state index is 11.0. The van der Waals surface area contributed by atoms with Crippen LogP contribution < -0.4 is 10.0 Å². The van der Waals surface area contributed by atoms with E-state index in [0.717, 1.165) is 6.42 Å². The molecule has 6 heteroatoms. The van der Waals surface area contributed by atoms with E-state index in [-0.39, 0.29) is 6.02 Å². The smallest absolute Gasteiger partial charge is 0.332 e. The van der Waals surface area contributed by atoms with Crippen LogP contribution in [0.1, 0.15) is 20.3 Å². The number of carbonyl (C=O) groups is 1. The minimum atomic E-state index is -0.433. The van der Waals surface area contributed by atoms with E-state index in [1.807, 2.05) is 13.8 Å². The van der Waals surface area contributed by atoms with Crippen molar-refractivity contribution in [1.29, 1.82) is 5.41 Å². The van der Waals surface area contributed by atoms with E-state index in [2.05, 4.69) is 14.8 Å². The SMILES string of the molecule is CCC(C)SNC(=O)NC(=N)OC. The molecule has 0 bridgehead atoms. The number of amidine groups is 1. The lowest BCUT2D eigenvalue weighted by Gasteiger charge is -2.09. The minimum Gasteiger partial charge on any atom is -0.468 e. The van der Waals surface area contributed by atoms with Crippen molar-refractivity contribution in [2.75, 3.05) is 7.11 Å². The van der Waals surface area contributed by atoms with E-state index in [1.54, 1.807) is 0 Å².